The molecule has 1 N–H and O–H groups in total. The average Bonchev–Trinajstić information content (AvgIpc) is 2.60. The van der Waals surface area contributed by atoms with Gasteiger partial charge in [0, 0.05) is 24.8 Å². The van der Waals surface area contributed by atoms with Crippen LogP contribution in [0.25, 0.3) is 0 Å². The van der Waals surface area contributed by atoms with Gasteiger partial charge in [-0.05, 0) is 42.5 Å². The fraction of sp³-hybridized carbons (Fsp3) is 0.278. The van der Waals surface area contributed by atoms with E-state index >= 15 is 0 Å². The molecule has 1 aliphatic rings. The zero-order valence-electron chi connectivity index (χ0n) is 12.9. The van der Waals surface area contributed by atoms with Gasteiger partial charge < -0.3 is 10.0 Å². The standard InChI is InChI=1S/C18H18N2O3/c1-20(15-7-6-12-4-2-3-5-13(12)10-15)17(21)14-8-9-19-16(11-14)18(22)23/h2-5,8-9,11,15H,6-7,10H2,1H3,(H,22,23)/t15-/m1/s1. The number of hydrogen-bond acceptors (Lipinski definition) is 3. The number of nitrogens with zero attached hydrogens (tertiary/aromatic N) is 2. The summed E-state index contributed by atoms with van der Waals surface area (Å²) in [6.45, 7) is 0. The average molecular weight is 310 g/mol. The summed E-state index contributed by atoms with van der Waals surface area (Å²) in [7, 11) is 1.78. The van der Waals surface area contributed by atoms with Crippen molar-refractivity contribution in [3.63, 3.8) is 0 Å². The van der Waals surface area contributed by atoms with Crippen LogP contribution in [0.1, 0.15) is 38.4 Å². The highest BCUT2D eigenvalue weighted by atomic mass is 16.4. The molecule has 0 saturated heterocycles. The molecule has 118 valence electrons. The monoisotopic (exact) mass is 310 g/mol. The van der Waals surface area contributed by atoms with E-state index in [0.717, 1.165) is 19.3 Å². The van der Waals surface area contributed by atoms with Gasteiger partial charge in [0.25, 0.3) is 5.91 Å². The smallest absolute Gasteiger partial charge is 0.354 e. The molecule has 0 aliphatic heterocycles. The van der Waals surface area contributed by atoms with E-state index in [1.54, 1.807) is 18.0 Å². The SMILES string of the molecule is CN(C(=O)c1ccnc(C(=O)O)c1)[C@@H]1CCc2ccccc2C1. The summed E-state index contributed by atoms with van der Waals surface area (Å²) >= 11 is 0. The topological polar surface area (TPSA) is 70.5 Å². The van der Waals surface area contributed by atoms with Crippen molar-refractivity contribution in [1.29, 1.82) is 0 Å². The van der Waals surface area contributed by atoms with Crippen LogP contribution in [0.3, 0.4) is 0 Å². The molecule has 1 heterocycles. The molecule has 0 bridgehead atoms. The van der Waals surface area contributed by atoms with Crippen molar-refractivity contribution in [3.8, 4) is 0 Å². The number of carbonyl (C=O) groups is 2. The fourth-order valence-corrected chi connectivity index (χ4v) is 3.06. The number of carboxylic acids is 1. The highest BCUT2D eigenvalue weighted by Gasteiger charge is 2.26. The van der Waals surface area contributed by atoms with E-state index in [2.05, 4.69) is 17.1 Å². The molecule has 0 saturated carbocycles. The lowest BCUT2D eigenvalue weighted by Crippen LogP contribution is -2.40. The molecule has 0 radical (unpaired) electrons. The second-order valence-corrected chi connectivity index (χ2v) is 5.82. The Hall–Kier alpha value is -2.69. The van der Waals surface area contributed by atoms with Crippen molar-refractivity contribution in [3.05, 3.63) is 65.0 Å². The Labute approximate surface area is 134 Å². The van der Waals surface area contributed by atoms with Gasteiger partial charge in [-0.3, -0.25) is 4.79 Å². The molecule has 23 heavy (non-hydrogen) atoms. The van der Waals surface area contributed by atoms with Crippen LogP contribution in [-0.2, 0) is 12.8 Å². The summed E-state index contributed by atoms with van der Waals surface area (Å²) in [6, 6.07) is 11.3. The number of benzene rings is 1. The second kappa shape index (κ2) is 6.20. The van der Waals surface area contributed by atoms with Crippen LogP contribution in [0.15, 0.2) is 42.6 Å². The van der Waals surface area contributed by atoms with Crippen LogP contribution < -0.4 is 0 Å². The highest BCUT2D eigenvalue weighted by Crippen LogP contribution is 2.24. The minimum atomic E-state index is -1.13. The largest absolute Gasteiger partial charge is 0.477 e. The fourth-order valence-electron chi connectivity index (χ4n) is 3.06. The number of aromatic carboxylic acids is 1. The van der Waals surface area contributed by atoms with Crippen molar-refractivity contribution in [2.75, 3.05) is 7.05 Å². The number of pyridine rings is 1. The first-order valence-electron chi connectivity index (χ1n) is 7.59. The van der Waals surface area contributed by atoms with Gasteiger partial charge >= 0.3 is 5.97 Å². The maximum absolute atomic E-state index is 12.6. The number of amides is 1. The molecule has 2 aromatic rings. The van der Waals surface area contributed by atoms with Crippen LogP contribution in [0.5, 0.6) is 0 Å². The van der Waals surface area contributed by atoms with Gasteiger partial charge in [-0.15, -0.1) is 0 Å². The lowest BCUT2D eigenvalue weighted by Gasteiger charge is -2.32. The van der Waals surface area contributed by atoms with Crippen molar-refractivity contribution >= 4 is 11.9 Å². The Morgan fingerprint density at radius 2 is 1.96 bits per heavy atom. The van der Waals surface area contributed by atoms with Gasteiger partial charge in [-0.1, -0.05) is 24.3 Å². The van der Waals surface area contributed by atoms with E-state index in [1.165, 1.54) is 23.4 Å². The third-order valence-electron chi connectivity index (χ3n) is 4.41. The van der Waals surface area contributed by atoms with Crippen LogP contribution in [0.4, 0.5) is 0 Å². The molecule has 0 unspecified atom stereocenters. The number of hydrogen-bond donors (Lipinski definition) is 1. The van der Waals surface area contributed by atoms with Crippen LogP contribution in [0.2, 0.25) is 0 Å². The van der Waals surface area contributed by atoms with E-state index < -0.39 is 5.97 Å². The molecular weight excluding hydrogens is 292 g/mol. The summed E-state index contributed by atoms with van der Waals surface area (Å²) in [5.41, 5.74) is 2.88. The number of rotatable bonds is 3. The Morgan fingerprint density at radius 1 is 1.22 bits per heavy atom. The first-order chi connectivity index (χ1) is 11.1. The summed E-state index contributed by atoms with van der Waals surface area (Å²) in [4.78, 5) is 29.1. The second-order valence-electron chi connectivity index (χ2n) is 5.82. The van der Waals surface area contributed by atoms with Crippen molar-refractivity contribution in [1.82, 2.24) is 9.88 Å². The number of aromatic nitrogens is 1. The lowest BCUT2D eigenvalue weighted by atomic mass is 9.87. The number of carbonyl (C=O) groups excluding carboxylic acids is 1. The summed E-state index contributed by atoms with van der Waals surface area (Å²) < 4.78 is 0. The molecule has 1 aliphatic carbocycles. The number of aryl methyl sites for hydroxylation is 1. The molecule has 1 aromatic heterocycles. The van der Waals surface area contributed by atoms with Crippen LogP contribution in [-0.4, -0.2) is 40.0 Å². The highest BCUT2D eigenvalue weighted by molar-refractivity contribution is 5.96. The Balaban J connectivity index is 1.78. The maximum atomic E-state index is 12.6. The number of likely N-dealkylation sites (N-methyl/N-ethyl adjacent to an activating group) is 1. The quantitative estimate of drug-likeness (QED) is 0.945. The van der Waals surface area contributed by atoms with Gasteiger partial charge in [-0.2, -0.15) is 0 Å². The van der Waals surface area contributed by atoms with Gasteiger partial charge in [0.05, 0.1) is 0 Å². The summed E-state index contributed by atoms with van der Waals surface area (Å²) in [5, 5.41) is 9.00. The van der Waals surface area contributed by atoms with E-state index in [0.29, 0.717) is 5.56 Å². The minimum absolute atomic E-state index is 0.113. The Bertz CT molecular complexity index is 757. The molecular formula is C18H18N2O3. The molecule has 1 aromatic carbocycles. The molecule has 1 atom stereocenters. The predicted octanol–water partition coefficient (Wildman–Crippen LogP) is 2.41. The molecule has 3 rings (SSSR count). The van der Waals surface area contributed by atoms with Gasteiger partial charge in [0.15, 0.2) is 0 Å². The zero-order valence-corrected chi connectivity index (χ0v) is 12.9. The minimum Gasteiger partial charge on any atom is -0.477 e. The number of fused-ring (bicyclic) bond motifs is 1. The lowest BCUT2D eigenvalue weighted by molar-refractivity contribution is 0.0690. The Kier molecular flexibility index (Phi) is 4.10. The Morgan fingerprint density at radius 3 is 2.70 bits per heavy atom. The van der Waals surface area contributed by atoms with Crippen LogP contribution >= 0.6 is 0 Å². The molecule has 1 amide bonds. The van der Waals surface area contributed by atoms with Crippen molar-refractivity contribution in [2.24, 2.45) is 0 Å². The molecule has 5 heteroatoms. The van der Waals surface area contributed by atoms with E-state index in [-0.39, 0.29) is 17.6 Å². The van der Waals surface area contributed by atoms with Gasteiger partial charge in [0.1, 0.15) is 5.69 Å². The van der Waals surface area contributed by atoms with E-state index in [9.17, 15) is 9.59 Å². The van der Waals surface area contributed by atoms with E-state index in [1.807, 2.05) is 12.1 Å². The third kappa shape index (κ3) is 3.08. The molecule has 0 spiro atoms. The summed E-state index contributed by atoms with van der Waals surface area (Å²) in [5.74, 6) is -1.30. The first kappa shape index (κ1) is 15.2. The zero-order chi connectivity index (χ0) is 16.4. The third-order valence-corrected chi connectivity index (χ3v) is 4.41. The predicted molar refractivity (Wildman–Crippen MR) is 85.5 cm³/mol. The maximum Gasteiger partial charge on any atom is 0.354 e. The van der Waals surface area contributed by atoms with Crippen molar-refractivity contribution in [2.45, 2.75) is 25.3 Å². The van der Waals surface area contributed by atoms with E-state index in [4.69, 9.17) is 5.11 Å². The number of carboxylic acid groups (broad SMARTS) is 1. The first-order valence-corrected chi connectivity index (χ1v) is 7.59. The van der Waals surface area contributed by atoms with Gasteiger partial charge in [-0.25, -0.2) is 9.78 Å². The van der Waals surface area contributed by atoms with Gasteiger partial charge in [0.2, 0.25) is 0 Å². The summed E-state index contributed by atoms with van der Waals surface area (Å²) in [6.07, 6.45) is 4.06. The van der Waals surface area contributed by atoms with Crippen LogP contribution in [0, 0.1) is 0 Å². The molecule has 5 nitrogen and oxygen atoms in total. The van der Waals surface area contributed by atoms with Crippen molar-refractivity contribution < 1.29 is 14.7 Å². The normalized spacial score (nSPS) is 16.5. The molecule has 0 fully saturated rings.